The van der Waals surface area contributed by atoms with E-state index in [1.807, 2.05) is 18.2 Å². The average Bonchev–Trinajstić information content (AvgIpc) is 2.72. The summed E-state index contributed by atoms with van der Waals surface area (Å²) in [5, 5.41) is 1.09. The van der Waals surface area contributed by atoms with Crippen molar-refractivity contribution in [2.45, 2.75) is 37.3 Å². The van der Waals surface area contributed by atoms with E-state index in [0.29, 0.717) is 16.1 Å². The first-order valence-corrected chi connectivity index (χ1v) is 8.03. The number of rotatable bonds is 2. The Morgan fingerprint density at radius 1 is 1.29 bits per heavy atom. The smallest absolute Gasteiger partial charge is 0.310 e. The van der Waals surface area contributed by atoms with Gasteiger partial charge >= 0.3 is 5.97 Å². The Hall–Kier alpha value is -0.770. The van der Waals surface area contributed by atoms with Crippen LogP contribution in [0.4, 0.5) is 0 Å². The molecule has 1 aromatic rings. The minimum Gasteiger partial charge on any atom is -0.469 e. The highest BCUT2D eigenvalue weighted by atomic mass is 35.5. The molecule has 114 valence electrons. The van der Waals surface area contributed by atoms with Crippen LogP contribution < -0.4 is 0 Å². The Kier molecular flexibility index (Phi) is 4.17. The van der Waals surface area contributed by atoms with Gasteiger partial charge in [-0.2, -0.15) is 0 Å². The van der Waals surface area contributed by atoms with E-state index in [1.165, 1.54) is 7.11 Å². The summed E-state index contributed by atoms with van der Waals surface area (Å²) in [4.78, 5) is 14.7. The molecule has 2 aliphatic rings. The lowest BCUT2D eigenvalue weighted by atomic mass is 9.76. The number of nitrogens with zero attached hydrogens (tertiary/aromatic N) is 1. The number of esters is 1. The van der Waals surface area contributed by atoms with Crippen LogP contribution in [0.25, 0.3) is 0 Å². The Bertz CT molecular complexity index is 563. The molecule has 0 spiro atoms. The quantitative estimate of drug-likeness (QED) is 0.775. The SMILES string of the molecule is COC(=O)C1C(c2ccc(Cl)c(Cl)c2)C[C@H]2CC[C@@H]1N2C. The lowest BCUT2D eigenvalue weighted by molar-refractivity contribution is -0.150. The molecule has 1 aromatic carbocycles. The van der Waals surface area contributed by atoms with Crippen LogP contribution in [0.15, 0.2) is 18.2 Å². The number of carbonyl (C=O) groups is 1. The molecule has 2 saturated heterocycles. The minimum absolute atomic E-state index is 0.122. The molecule has 5 heteroatoms. The van der Waals surface area contributed by atoms with Gasteiger partial charge in [-0.1, -0.05) is 29.3 Å². The van der Waals surface area contributed by atoms with Gasteiger partial charge in [0.1, 0.15) is 0 Å². The molecule has 2 aliphatic heterocycles. The minimum atomic E-state index is -0.129. The molecule has 2 fully saturated rings. The third kappa shape index (κ3) is 2.56. The normalized spacial score (nSPS) is 32.2. The largest absolute Gasteiger partial charge is 0.469 e. The van der Waals surface area contributed by atoms with Gasteiger partial charge in [-0.15, -0.1) is 0 Å². The first-order valence-electron chi connectivity index (χ1n) is 7.27. The molecular weight excluding hydrogens is 309 g/mol. The lowest BCUT2D eigenvalue weighted by Crippen LogP contribution is -2.49. The highest BCUT2D eigenvalue weighted by molar-refractivity contribution is 6.42. The van der Waals surface area contributed by atoms with Crippen LogP contribution in [0.1, 0.15) is 30.7 Å². The zero-order chi connectivity index (χ0) is 15.1. The molecular formula is C16H19Cl2NO2. The number of halogens is 2. The van der Waals surface area contributed by atoms with Crippen LogP contribution >= 0.6 is 23.2 Å². The van der Waals surface area contributed by atoms with Crippen molar-refractivity contribution in [1.29, 1.82) is 0 Å². The number of methoxy groups -OCH3 is 1. The zero-order valence-corrected chi connectivity index (χ0v) is 13.7. The summed E-state index contributed by atoms with van der Waals surface area (Å²) in [6, 6.07) is 6.49. The number of piperidine rings is 1. The molecule has 2 unspecified atom stereocenters. The summed E-state index contributed by atoms with van der Waals surface area (Å²) in [6.07, 6.45) is 3.16. The highest BCUT2D eigenvalue weighted by Crippen LogP contribution is 2.47. The molecule has 0 amide bonds. The van der Waals surface area contributed by atoms with Crippen molar-refractivity contribution in [3.63, 3.8) is 0 Å². The highest BCUT2D eigenvalue weighted by Gasteiger charge is 2.49. The second kappa shape index (κ2) is 5.79. The fraction of sp³-hybridized carbons (Fsp3) is 0.562. The number of hydrogen-bond donors (Lipinski definition) is 0. The van der Waals surface area contributed by atoms with E-state index >= 15 is 0 Å². The van der Waals surface area contributed by atoms with Crippen molar-refractivity contribution in [2.75, 3.05) is 14.2 Å². The number of fused-ring (bicyclic) bond motifs is 2. The molecule has 0 N–H and O–H groups in total. The van der Waals surface area contributed by atoms with E-state index in [-0.39, 0.29) is 23.8 Å². The van der Waals surface area contributed by atoms with Crippen LogP contribution in [0.5, 0.6) is 0 Å². The molecule has 2 heterocycles. The molecule has 0 aliphatic carbocycles. The van der Waals surface area contributed by atoms with E-state index in [9.17, 15) is 4.79 Å². The topological polar surface area (TPSA) is 29.5 Å². The Labute approximate surface area is 135 Å². The van der Waals surface area contributed by atoms with Crippen LogP contribution in [0.3, 0.4) is 0 Å². The zero-order valence-electron chi connectivity index (χ0n) is 12.2. The maximum absolute atomic E-state index is 12.3. The molecule has 3 nitrogen and oxygen atoms in total. The van der Waals surface area contributed by atoms with E-state index < -0.39 is 0 Å². The molecule has 3 rings (SSSR count). The molecule has 4 atom stereocenters. The first kappa shape index (κ1) is 15.1. The predicted molar refractivity (Wildman–Crippen MR) is 83.9 cm³/mol. The van der Waals surface area contributed by atoms with Crippen LogP contribution in [0, 0.1) is 5.92 Å². The van der Waals surface area contributed by atoms with Gasteiger partial charge in [-0.3, -0.25) is 9.69 Å². The van der Waals surface area contributed by atoms with E-state index in [1.54, 1.807) is 0 Å². The van der Waals surface area contributed by atoms with Gasteiger partial charge in [0.2, 0.25) is 0 Å². The van der Waals surface area contributed by atoms with Gasteiger partial charge in [0.05, 0.1) is 23.1 Å². The van der Waals surface area contributed by atoms with Crippen molar-refractivity contribution in [3.05, 3.63) is 33.8 Å². The van der Waals surface area contributed by atoms with Gasteiger partial charge in [-0.25, -0.2) is 0 Å². The maximum atomic E-state index is 12.3. The monoisotopic (exact) mass is 327 g/mol. The molecule has 0 saturated carbocycles. The van der Waals surface area contributed by atoms with Gasteiger partial charge in [0.15, 0.2) is 0 Å². The number of carbonyl (C=O) groups excluding carboxylic acids is 1. The number of ether oxygens (including phenoxy) is 1. The van der Waals surface area contributed by atoms with E-state index in [4.69, 9.17) is 27.9 Å². The standard InChI is InChI=1S/C16H19Cl2NO2/c1-19-10-4-6-14(19)15(16(20)21-2)11(8-10)9-3-5-12(17)13(18)7-9/h3,5,7,10-11,14-15H,4,6,8H2,1-2H3/t10-,11?,14+,15?/m1/s1. The van der Waals surface area contributed by atoms with Crippen molar-refractivity contribution in [1.82, 2.24) is 4.90 Å². The fourth-order valence-corrected chi connectivity index (χ4v) is 4.32. The number of benzene rings is 1. The summed E-state index contributed by atoms with van der Waals surface area (Å²) < 4.78 is 5.07. The van der Waals surface area contributed by atoms with Gasteiger partial charge in [0, 0.05) is 18.0 Å². The van der Waals surface area contributed by atoms with Gasteiger partial charge in [0.25, 0.3) is 0 Å². The summed E-state index contributed by atoms with van der Waals surface area (Å²) in [7, 11) is 3.58. The Morgan fingerprint density at radius 3 is 2.71 bits per heavy atom. The summed E-state index contributed by atoms with van der Waals surface area (Å²) in [6.45, 7) is 0. The van der Waals surface area contributed by atoms with Crippen molar-refractivity contribution >= 4 is 29.2 Å². The maximum Gasteiger partial charge on any atom is 0.310 e. The van der Waals surface area contributed by atoms with E-state index in [2.05, 4.69) is 11.9 Å². The Balaban J connectivity index is 1.98. The van der Waals surface area contributed by atoms with Crippen molar-refractivity contribution in [2.24, 2.45) is 5.92 Å². The fourth-order valence-electron chi connectivity index (χ4n) is 4.01. The van der Waals surface area contributed by atoms with E-state index in [0.717, 1.165) is 24.8 Å². The molecule has 0 radical (unpaired) electrons. The summed E-state index contributed by atoms with van der Waals surface area (Å²) >= 11 is 12.2. The molecule has 21 heavy (non-hydrogen) atoms. The van der Waals surface area contributed by atoms with Gasteiger partial charge < -0.3 is 4.74 Å². The second-order valence-corrected chi connectivity index (χ2v) is 6.84. The summed E-state index contributed by atoms with van der Waals surface area (Å²) in [5.74, 6) is -0.0971. The van der Waals surface area contributed by atoms with Gasteiger partial charge in [-0.05, 0) is 44.0 Å². The van der Waals surface area contributed by atoms with Crippen LogP contribution in [-0.2, 0) is 9.53 Å². The number of hydrogen-bond acceptors (Lipinski definition) is 3. The Morgan fingerprint density at radius 2 is 2.05 bits per heavy atom. The second-order valence-electron chi connectivity index (χ2n) is 6.03. The molecule has 0 aromatic heterocycles. The average molecular weight is 328 g/mol. The third-order valence-corrected chi connectivity index (χ3v) is 5.85. The van der Waals surface area contributed by atoms with Crippen molar-refractivity contribution < 1.29 is 9.53 Å². The van der Waals surface area contributed by atoms with Crippen LogP contribution in [-0.4, -0.2) is 37.1 Å². The summed E-state index contributed by atoms with van der Waals surface area (Å²) in [5.41, 5.74) is 1.09. The van der Waals surface area contributed by atoms with Crippen molar-refractivity contribution in [3.8, 4) is 0 Å². The van der Waals surface area contributed by atoms with Crippen LogP contribution in [0.2, 0.25) is 10.0 Å². The lowest BCUT2D eigenvalue weighted by Gasteiger charge is -2.41. The third-order valence-electron chi connectivity index (χ3n) is 5.11. The predicted octanol–water partition coefficient (Wildman–Crippen LogP) is 3.73. The molecule has 2 bridgehead atoms. The first-order chi connectivity index (χ1) is 10.0.